The Bertz CT molecular complexity index is 525. The molecule has 4 heteroatoms. The first-order chi connectivity index (χ1) is 7.24. The molecule has 1 N–H and O–H groups in total. The van der Waals surface area contributed by atoms with Crippen LogP contribution in [0.2, 0.25) is 0 Å². The number of hydrogen-bond donors (Lipinski definition) is 1. The number of fused-ring (bicyclic) bond motifs is 1. The van der Waals surface area contributed by atoms with Gasteiger partial charge in [0.25, 0.3) is 0 Å². The van der Waals surface area contributed by atoms with E-state index in [1.807, 2.05) is 24.5 Å². The molecule has 1 aromatic heterocycles. The van der Waals surface area contributed by atoms with E-state index in [-0.39, 0.29) is 5.56 Å². The van der Waals surface area contributed by atoms with Crippen LogP contribution in [-0.2, 0) is 0 Å². The molecule has 0 unspecified atom stereocenters. The minimum absolute atomic E-state index is 0.253. The summed E-state index contributed by atoms with van der Waals surface area (Å²) in [5.41, 5.74) is 0.253. The molecule has 15 heavy (non-hydrogen) atoms. The molecular formula is C11H9NO2S. The van der Waals surface area contributed by atoms with Crippen LogP contribution in [0.3, 0.4) is 0 Å². The van der Waals surface area contributed by atoms with Crippen molar-refractivity contribution in [1.29, 1.82) is 0 Å². The van der Waals surface area contributed by atoms with Crippen molar-refractivity contribution in [3.8, 4) is 0 Å². The predicted molar refractivity (Wildman–Crippen MR) is 60.5 cm³/mol. The largest absolute Gasteiger partial charge is 0.478 e. The van der Waals surface area contributed by atoms with E-state index in [1.165, 1.54) is 18.0 Å². The molecule has 2 aromatic rings. The number of aromatic carboxylic acids is 1. The van der Waals surface area contributed by atoms with Gasteiger partial charge in [-0.25, -0.2) is 9.78 Å². The van der Waals surface area contributed by atoms with Gasteiger partial charge >= 0.3 is 5.97 Å². The van der Waals surface area contributed by atoms with Gasteiger partial charge < -0.3 is 5.11 Å². The summed E-state index contributed by atoms with van der Waals surface area (Å²) in [4.78, 5) is 15.1. The molecule has 0 fully saturated rings. The molecule has 0 radical (unpaired) electrons. The van der Waals surface area contributed by atoms with E-state index < -0.39 is 5.97 Å². The Morgan fingerprint density at radius 1 is 1.33 bits per heavy atom. The van der Waals surface area contributed by atoms with E-state index in [0.717, 1.165) is 15.8 Å². The van der Waals surface area contributed by atoms with Crippen LogP contribution in [0.15, 0.2) is 35.5 Å². The van der Waals surface area contributed by atoms with Crippen molar-refractivity contribution in [2.45, 2.75) is 5.03 Å². The lowest BCUT2D eigenvalue weighted by atomic mass is 10.1. The van der Waals surface area contributed by atoms with Crippen molar-refractivity contribution in [3.05, 3.63) is 36.0 Å². The highest BCUT2D eigenvalue weighted by molar-refractivity contribution is 7.98. The number of thioether (sulfide) groups is 1. The summed E-state index contributed by atoms with van der Waals surface area (Å²) >= 11 is 1.51. The molecule has 1 heterocycles. The second-order valence-corrected chi connectivity index (χ2v) is 3.83. The Labute approximate surface area is 91.1 Å². The van der Waals surface area contributed by atoms with Crippen LogP contribution in [-0.4, -0.2) is 22.3 Å². The van der Waals surface area contributed by atoms with E-state index in [2.05, 4.69) is 4.98 Å². The molecule has 0 aliphatic heterocycles. The van der Waals surface area contributed by atoms with Gasteiger partial charge in [-0.2, -0.15) is 0 Å². The SMILES string of the molecule is CSc1ncc(C(=O)O)c2ccccc12. The monoisotopic (exact) mass is 219 g/mol. The maximum absolute atomic E-state index is 11.0. The molecule has 0 bridgehead atoms. The quantitative estimate of drug-likeness (QED) is 0.789. The Morgan fingerprint density at radius 2 is 2.00 bits per heavy atom. The summed E-state index contributed by atoms with van der Waals surface area (Å²) in [5, 5.41) is 11.5. The Balaban J connectivity index is 2.83. The Kier molecular flexibility index (Phi) is 2.60. The van der Waals surface area contributed by atoms with Crippen LogP contribution in [0.5, 0.6) is 0 Å². The average molecular weight is 219 g/mol. The van der Waals surface area contributed by atoms with Crippen molar-refractivity contribution in [1.82, 2.24) is 4.98 Å². The lowest BCUT2D eigenvalue weighted by molar-refractivity contribution is 0.0698. The van der Waals surface area contributed by atoms with E-state index in [4.69, 9.17) is 5.11 Å². The molecular weight excluding hydrogens is 210 g/mol. The minimum Gasteiger partial charge on any atom is -0.478 e. The average Bonchev–Trinajstić information content (AvgIpc) is 2.27. The summed E-state index contributed by atoms with van der Waals surface area (Å²) in [6, 6.07) is 7.41. The number of nitrogens with zero attached hydrogens (tertiary/aromatic N) is 1. The van der Waals surface area contributed by atoms with Crippen molar-refractivity contribution in [2.75, 3.05) is 6.26 Å². The minimum atomic E-state index is -0.939. The fourth-order valence-electron chi connectivity index (χ4n) is 1.50. The second-order valence-electron chi connectivity index (χ2n) is 3.03. The zero-order valence-corrected chi connectivity index (χ0v) is 8.91. The van der Waals surface area contributed by atoms with Crippen LogP contribution < -0.4 is 0 Å². The van der Waals surface area contributed by atoms with Gasteiger partial charge in [0.05, 0.1) is 5.56 Å². The lowest BCUT2D eigenvalue weighted by Crippen LogP contribution is -1.99. The number of carbonyl (C=O) groups is 1. The number of carboxylic acids is 1. The van der Waals surface area contributed by atoms with E-state index >= 15 is 0 Å². The van der Waals surface area contributed by atoms with Gasteiger partial charge in [0, 0.05) is 17.0 Å². The fraction of sp³-hybridized carbons (Fsp3) is 0.0909. The third-order valence-corrected chi connectivity index (χ3v) is 2.89. The smallest absolute Gasteiger partial charge is 0.337 e. The van der Waals surface area contributed by atoms with Crippen LogP contribution in [0.4, 0.5) is 0 Å². The van der Waals surface area contributed by atoms with Crippen molar-refractivity contribution >= 4 is 28.5 Å². The van der Waals surface area contributed by atoms with Gasteiger partial charge in [-0.05, 0) is 6.26 Å². The first-order valence-corrected chi connectivity index (χ1v) is 5.61. The molecule has 76 valence electrons. The first kappa shape index (κ1) is 9.98. The molecule has 0 saturated heterocycles. The fourth-order valence-corrected chi connectivity index (χ4v) is 2.06. The van der Waals surface area contributed by atoms with Crippen LogP contribution in [0.25, 0.3) is 10.8 Å². The van der Waals surface area contributed by atoms with Gasteiger partial charge in [0.2, 0.25) is 0 Å². The lowest BCUT2D eigenvalue weighted by Gasteiger charge is -2.05. The molecule has 2 rings (SSSR count). The standard InChI is InChI=1S/C11H9NO2S/c1-15-10-8-5-3-2-4-7(8)9(6-12-10)11(13)14/h2-6H,1H3,(H,13,14). The normalized spacial score (nSPS) is 10.5. The van der Waals surface area contributed by atoms with Gasteiger partial charge in [-0.3, -0.25) is 0 Å². The number of rotatable bonds is 2. The molecule has 0 spiro atoms. The van der Waals surface area contributed by atoms with Crippen LogP contribution >= 0.6 is 11.8 Å². The number of benzene rings is 1. The highest BCUT2D eigenvalue weighted by atomic mass is 32.2. The Hall–Kier alpha value is -1.55. The summed E-state index contributed by atoms with van der Waals surface area (Å²) in [6.07, 6.45) is 3.34. The number of pyridine rings is 1. The third-order valence-electron chi connectivity index (χ3n) is 2.18. The zero-order chi connectivity index (χ0) is 10.8. The number of carboxylic acid groups (broad SMARTS) is 1. The molecule has 0 amide bonds. The molecule has 0 aliphatic carbocycles. The molecule has 0 aliphatic rings. The highest BCUT2D eigenvalue weighted by Gasteiger charge is 2.11. The first-order valence-electron chi connectivity index (χ1n) is 4.39. The van der Waals surface area contributed by atoms with Crippen molar-refractivity contribution in [2.24, 2.45) is 0 Å². The molecule has 3 nitrogen and oxygen atoms in total. The number of aromatic nitrogens is 1. The maximum atomic E-state index is 11.0. The zero-order valence-electron chi connectivity index (χ0n) is 8.10. The summed E-state index contributed by atoms with van der Waals surface area (Å²) in [6.45, 7) is 0. The molecule has 1 aromatic carbocycles. The highest BCUT2D eigenvalue weighted by Crippen LogP contribution is 2.26. The summed E-state index contributed by atoms with van der Waals surface area (Å²) < 4.78 is 0. The summed E-state index contributed by atoms with van der Waals surface area (Å²) in [5.74, 6) is -0.939. The summed E-state index contributed by atoms with van der Waals surface area (Å²) in [7, 11) is 0. The third kappa shape index (κ3) is 1.68. The number of hydrogen-bond acceptors (Lipinski definition) is 3. The topological polar surface area (TPSA) is 50.2 Å². The van der Waals surface area contributed by atoms with Gasteiger partial charge in [0.1, 0.15) is 5.03 Å². The predicted octanol–water partition coefficient (Wildman–Crippen LogP) is 2.65. The van der Waals surface area contributed by atoms with E-state index in [1.54, 1.807) is 6.07 Å². The van der Waals surface area contributed by atoms with Crippen molar-refractivity contribution < 1.29 is 9.90 Å². The van der Waals surface area contributed by atoms with Gasteiger partial charge in [-0.15, -0.1) is 11.8 Å². The van der Waals surface area contributed by atoms with Gasteiger partial charge in [-0.1, -0.05) is 24.3 Å². The second kappa shape index (κ2) is 3.90. The molecule has 0 atom stereocenters. The van der Waals surface area contributed by atoms with E-state index in [0.29, 0.717) is 0 Å². The van der Waals surface area contributed by atoms with E-state index in [9.17, 15) is 4.79 Å². The van der Waals surface area contributed by atoms with Crippen LogP contribution in [0, 0.1) is 0 Å². The molecule has 0 saturated carbocycles. The van der Waals surface area contributed by atoms with Crippen molar-refractivity contribution in [3.63, 3.8) is 0 Å². The van der Waals surface area contributed by atoms with Gasteiger partial charge in [0.15, 0.2) is 0 Å². The maximum Gasteiger partial charge on any atom is 0.337 e. The van der Waals surface area contributed by atoms with Crippen LogP contribution in [0.1, 0.15) is 10.4 Å². The Morgan fingerprint density at radius 3 is 2.60 bits per heavy atom.